The molecule has 2 aliphatic heterocycles. The third-order valence-electron chi connectivity index (χ3n) is 5.37. The van der Waals surface area contributed by atoms with E-state index in [2.05, 4.69) is 36.1 Å². The molecular formula is C17H35N3. The van der Waals surface area contributed by atoms with E-state index in [-0.39, 0.29) is 0 Å². The fourth-order valence-electron chi connectivity index (χ4n) is 3.90. The minimum atomic E-state index is 0.891. The Labute approximate surface area is 126 Å². The Morgan fingerprint density at radius 3 is 2.55 bits per heavy atom. The van der Waals surface area contributed by atoms with Crippen LogP contribution in [-0.4, -0.2) is 63.2 Å². The van der Waals surface area contributed by atoms with E-state index in [0.29, 0.717) is 0 Å². The van der Waals surface area contributed by atoms with Gasteiger partial charge in [0.05, 0.1) is 0 Å². The highest BCUT2D eigenvalue weighted by molar-refractivity contribution is 4.77. The van der Waals surface area contributed by atoms with Gasteiger partial charge in [-0.2, -0.15) is 0 Å². The van der Waals surface area contributed by atoms with Gasteiger partial charge < -0.3 is 15.1 Å². The summed E-state index contributed by atoms with van der Waals surface area (Å²) in [6, 6.07) is 0. The molecule has 2 fully saturated rings. The molecule has 2 heterocycles. The number of hydrogen-bond acceptors (Lipinski definition) is 3. The van der Waals surface area contributed by atoms with Crippen molar-refractivity contribution < 1.29 is 0 Å². The van der Waals surface area contributed by atoms with Crippen LogP contribution in [0.25, 0.3) is 0 Å². The first-order valence-corrected chi connectivity index (χ1v) is 8.73. The Balaban J connectivity index is 1.60. The Morgan fingerprint density at radius 2 is 1.95 bits per heavy atom. The fraction of sp³-hybridized carbons (Fsp3) is 1.00. The summed E-state index contributed by atoms with van der Waals surface area (Å²) in [5, 5.41) is 3.56. The highest BCUT2D eigenvalue weighted by atomic mass is 15.1. The van der Waals surface area contributed by atoms with Crippen LogP contribution in [0.4, 0.5) is 0 Å². The zero-order valence-corrected chi connectivity index (χ0v) is 13.9. The minimum Gasteiger partial charge on any atom is -0.316 e. The van der Waals surface area contributed by atoms with Crippen molar-refractivity contribution in [1.29, 1.82) is 0 Å². The molecule has 0 amide bonds. The molecule has 0 aliphatic carbocycles. The van der Waals surface area contributed by atoms with Crippen molar-refractivity contribution in [1.82, 2.24) is 15.1 Å². The summed E-state index contributed by atoms with van der Waals surface area (Å²) in [4.78, 5) is 5.05. The quantitative estimate of drug-likeness (QED) is 0.806. The van der Waals surface area contributed by atoms with E-state index >= 15 is 0 Å². The van der Waals surface area contributed by atoms with E-state index in [1.807, 2.05) is 0 Å². The molecule has 118 valence electrons. The predicted molar refractivity (Wildman–Crippen MR) is 87.1 cm³/mol. The van der Waals surface area contributed by atoms with Crippen LogP contribution in [0.15, 0.2) is 0 Å². The molecule has 2 atom stereocenters. The summed E-state index contributed by atoms with van der Waals surface area (Å²) in [5.74, 6) is 2.75. The van der Waals surface area contributed by atoms with Gasteiger partial charge in [-0.3, -0.25) is 0 Å². The number of rotatable bonds is 6. The van der Waals surface area contributed by atoms with Crippen LogP contribution < -0.4 is 5.32 Å². The molecule has 3 nitrogen and oxygen atoms in total. The normalized spacial score (nSPS) is 27.9. The molecule has 2 saturated heterocycles. The first kappa shape index (κ1) is 16.3. The lowest BCUT2D eigenvalue weighted by atomic mass is 9.85. The van der Waals surface area contributed by atoms with Crippen LogP contribution in [0.2, 0.25) is 0 Å². The van der Waals surface area contributed by atoms with Gasteiger partial charge >= 0.3 is 0 Å². The second-order valence-electron chi connectivity index (χ2n) is 7.42. The van der Waals surface area contributed by atoms with Crippen molar-refractivity contribution in [2.24, 2.45) is 17.8 Å². The molecule has 0 aromatic heterocycles. The summed E-state index contributed by atoms with van der Waals surface area (Å²) in [6.45, 7) is 10.2. The number of nitrogens with one attached hydrogen (secondary N) is 1. The van der Waals surface area contributed by atoms with Crippen LogP contribution in [0.5, 0.6) is 0 Å². The zero-order valence-electron chi connectivity index (χ0n) is 13.9. The maximum atomic E-state index is 3.56. The first-order chi connectivity index (χ1) is 9.65. The second-order valence-corrected chi connectivity index (χ2v) is 7.42. The van der Waals surface area contributed by atoms with Crippen molar-refractivity contribution in [3.63, 3.8) is 0 Å². The lowest BCUT2D eigenvalue weighted by Gasteiger charge is -2.35. The van der Waals surface area contributed by atoms with Crippen molar-refractivity contribution in [2.45, 2.75) is 39.0 Å². The van der Waals surface area contributed by atoms with E-state index in [0.717, 1.165) is 17.8 Å². The van der Waals surface area contributed by atoms with Crippen LogP contribution in [0, 0.1) is 17.8 Å². The molecule has 1 N–H and O–H groups in total. The van der Waals surface area contributed by atoms with Crippen LogP contribution in [0.3, 0.4) is 0 Å². The van der Waals surface area contributed by atoms with Crippen LogP contribution >= 0.6 is 0 Å². The molecule has 20 heavy (non-hydrogen) atoms. The van der Waals surface area contributed by atoms with Gasteiger partial charge in [0.1, 0.15) is 0 Å². The molecule has 3 heteroatoms. The SMILES string of the molecule is CC(CCN1CCC(CN(C)C)CC1)C1CCCNC1. The third-order valence-corrected chi connectivity index (χ3v) is 5.37. The molecule has 2 unspecified atom stereocenters. The number of hydrogen-bond donors (Lipinski definition) is 1. The Morgan fingerprint density at radius 1 is 1.20 bits per heavy atom. The standard InChI is InChI=1S/C17H35N3/c1-15(17-5-4-9-18-13-17)6-10-20-11-7-16(8-12-20)14-19(2)3/h15-18H,4-14H2,1-3H3. The second kappa shape index (κ2) is 8.35. The summed E-state index contributed by atoms with van der Waals surface area (Å²) >= 11 is 0. The maximum Gasteiger partial charge on any atom is 0.000451 e. The van der Waals surface area contributed by atoms with Gasteiger partial charge in [0.2, 0.25) is 0 Å². The van der Waals surface area contributed by atoms with E-state index in [9.17, 15) is 0 Å². The molecular weight excluding hydrogens is 246 g/mol. The molecule has 0 bridgehead atoms. The topological polar surface area (TPSA) is 18.5 Å². The predicted octanol–water partition coefficient (Wildman–Crippen LogP) is 2.29. The van der Waals surface area contributed by atoms with Crippen molar-refractivity contribution >= 4 is 0 Å². The molecule has 0 aromatic carbocycles. The monoisotopic (exact) mass is 281 g/mol. The fourth-order valence-corrected chi connectivity index (χ4v) is 3.90. The average molecular weight is 281 g/mol. The van der Waals surface area contributed by atoms with Crippen molar-refractivity contribution in [3.8, 4) is 0 Å². The Bertz CT molecular complexity index is 253. The lowest BCUT2D eigenvalue weighted by Crippen LogP contribution is -2.39. The van der Waals surface area contributed by atoms with Crippen molar-refractivity contribution in [2.75, 3.05) is 53.4 Å². The Kier molecular flexibility index (Phi) is 6.79. The highest BCUT2D eigenvalue weighted by Gasteiger charge is 2.23. The molecule has 0 spiro atoms. The summed E-state index contributed by atoms with van der Waals surface area (Å²) in [7, 11) is 4.40. The summed E-state index contributed by atoms with van der Waals surface area (Å²) < 4.78 is 0. The number of likely N-dealkylation sites (tertiary alicyclic amines) is 1. The molecule has 2 rings (SSSR count). The molecule has 2 aliphatic rings. The number of nitrogens with zero attached hydrogens (tertiary/aromatic N) is 2. The molecule has 0 radical (unpaired) electrons. The van der Waals surface area contributed by atoms with E-state index in [4.69, 9.17) is 0 Å². The van der Waals surface area contributed by atoms with Crippen molar-refractivity contribution in [3.05, 3.63) is 0 Å². The lowest BCUT2D eigenvalue weighted by molar-refractivity contribution is 0.147. The minimum absolute atomic E-state index is 0.891. The summed E-state index contributed by atoms with van der Waals surface area (Å²) in [6.07, 6.45) is 7.02. The van der Waals surface area contributed by atoms with Gasteiger partial charge in [-0.25, -0.2) is 0 Å². The third kappa shape index (κ3) is 5.34. The van der Waals surface area contributed by atoms with Gasteiger partial charge in [0.25, 0.3) is 0 Å². The molecule has 0 saturated carbocycles. The van der Waals surface area contributed by atoms with E-state index < -0.39 is 0 Å². The van der Waals surface area contributed by atoms with E-state index in [1.54, 1.807) is 0 Å². The largest absolute Gasteiger partial charge is 0.316 e. The van der Waals surface area contributed by atoms with Crippen LogP contribution in [-0.2, 0) is 0 Å². The van der Waals surface area contributed by atoms with Gasteiger partial charge in [-0.05, 0) is 96.7 Å². The zero-order chi connectivity index (χ0) is 14.4. The van der Waals surface area contributed by atoms with Crippen LogP contribution in [0.1, 0.15) is 39.0 Å². The number of piperidine rings is 2. The molecule has 0 aromatic rings. The summed E-state index contributed by atoms with van der Waals surface area (Å²) in [5.41, 5.74) is 0. The smallest absolute Gasteiger partial charge is 0.000451 e. The van der Waals surface area contributed by atoms with Gasteiger partial charge in [0, 0.05) is 6.54 Å². The van der Waals surface area contributed by atoms with Gasteiger partial charge in [-0.1, -0.05) is 6.92 Å². The maximum absolute atomic E-state index is 3.56. The van der Waals surface area contributed by atoms with Gasteiger partial charge in [0.15, 0.2) is 0 Å². The van der Waals surface area contributed by atoms with E-state index in [1.165, 1.54) is 71.4 Å². The average Bonchev–Trinajstić information content (AvgIpc) is 2.46. The van der Waals surface area contributed by atoms with Gasteiger partial charge in [-0.15, -0.1) is 0 Å². The first-order valence-electron chi connectivity index (χ1n) is 8.73. The highest BCUT2D eigenvalue weighted by Crippen LogP contribution is 2.24. The Hall–Kier alpha value is -0.120.